The average molecular weight is 363 g/mol. The first-order chi connectivity index (χ1) is 12.2. The number of pyridine rings is 1. The van der Waals surface area contributed by atoms with Crippen molar-refractivity contribution in [3.05, 3.63) is 41.3 Å². The van der Waals surface area contributed by atoms with E-state index in [2.05, 4.69) is 20.3 Å². The SMILES string of the molecule is COc1ncccc1C(=O)NC1CCC(Oc2ncc(Cl)cn2)CC1. The molecule has 7 nitrogen and oxygen atoms in total. The third kappa shape index (κ3) is 4.57. The van der Waals surface area contributed by atoms with Gasteiger partial charge in [0, 0.05) is 12.2 Å². The molecule has 0 atom stereocenters. The van der Waals surface area contributed by atoms with Crippen LogP contribution in [0.1, 0.15) is 36.0 Å². The molecule has 1 aliphatic carbocycles. The van der Waals surface area contributed by atoms with Crippen molar-refractivity contribution in [1.29, 1.82) is 0 Å². The van der Waals surface area contributed by atoms with Crippen molar-refractivity contribution in [1.82, 2.24) is 20.3 Å². The van der Waals surface area contributed by atoms with E-state index in [4.69, 9.17) is 21.1 Å². The Morgan fingerprint density at radius 2 is 1.92 bits per heavy atom. The van der Waals surface area contributed by atoms with Crippen LogP contribution in [-0.4, -0.2) is 40.1 Å². The maximum Gasteiger partial charge on any atom is 0.316 e. The van der Waals surface area contributed by atoms with Crippen molar-refractivity contribution < 1.29 is 14.3 Å². The van der Waals surface area contributed by atoms with E-state index in [1.165, 1.54) is 19.5 Å². The lowest BCUT2D eigenvalue weighted by atomic mass is 9.93. The van der Waals surface area contributed by atoms with E-state index < -0.39 is 0 Å². The molecule has 1 fully saturated rings. The third-order valence-corrected chi connectivity index (χ3v) is 4.28. The second kappa shape index (κ2) is 8.11. The summed E-state index contributed by atoms with van der Waals surface area (Å²) in [5.41, 5.74) is 0.443. The minimum absolute atomic E-state index is 0.0438. The predicted octanol–water partition coefficient (Wildman–Crippen LogP) is 2.65. The summed E-state index contributed by atoms with van der Waals surface area (Å²) in [6.45, 7) is 0. The van der Waals surface area contributed by atoms with Crippen LogP contribution in [0.4, 0.5) is 0 Å². The van der Waals surface area contributed by atoms with E-state index >= 15 is 0 Å². The molecule has 1 saturated carbocycles. The molecule has 3 rings (SSSR count). The van der Waals surface area contributed by atoms with E-state index in [1.54, 1.807) is 18.3 Å². The minimum Gasteiger partial charge on any atom is -0.480 e. The first-order valence-corrected chi connectivity index (χ1v) is 8.47. The Kier molecular flexibility index (Phi) is 5.65. The molecule has 0 unspecified atom stereocenters. The van der Waals surface area contributed by atoms with Crippen LogP contribution in [0.3, 0.4) is 0 Å². The van der Waals surface area contributed by atoms with Crippen molar-refractivity contribution in [3.8, 4) is 11.9 Å². The fourth-order valence-electron chi connectivity index (χ4n) is 2.82. The number of rotatable bonds is 5. The summed E-state index contributed by atoms with van der Waals surface area (Å²) < 4.78 is 10.9. The van der Waals surface area contributed by atoms with Gasteiger partial charge in [0.1, 0.15) is 11.7 Å². The molecule has 1 amide bonds. The Morgan fingerprint density at radius 3 is 2.60 bits per heavy atom. The van der Waals surface area contributed by atoms with Gasteiger partial charge < -0.3 is 14.8 Å². The van der Waals surface area contributed by atoms with Crippen molar-refractivity contribution in [3.63, 3.8) is 0 Å². The number of amides is 1. The van der Waals surface area contributed by atoms with Gasteiger partial charge in [-0.05, 0) is 37.8 Å². The fraction of sp³-hybridized carbons (Fsp3) is 0.412. The number of methoxy groups -OCH3 is 1. The number of nitrogens with one attached hydrogen (secondary N) is 1. The Hall–Kier alpha value is -2.41. The molecule has 0 aliphatic heterocycles. The molecule has 0 radical (unpaired) electrons. The number of aromatic nitrogens is 3. The van der Waals surface area contributed by atoms with Gasteiger partial charge in [0.15, 0.2) is 0 Å². The summed E-state index contributed by atoms with van der Waals surface area (Å²) in [5, 5.41) is 3.52. The number of halogens is 1. The van der Waals surface area contributed by atoms with Gasteiger partial charge in [-0.15, -0.1) is 0 Å². The van der Waals surface area contributed by atoms with Gasteiger partial charge >= 0.3 is 6.01 Å². The van der Waals surface area contributed by atoms with Gasteiger partial charge in [-0.2, -0.15) is 0 Å². The number of hydrogen-bond donors (Lipinski definition) is 1. The van der Waals surface area contributed by atoms with Crippen LogP contribution >= 0.6 is 11.6 Å². The maximum absolute atomic E-state index is 12.4. The number of carbonyl (C=O) groups excluding carboxylic acids is 1. The molecular weight excluding hydrogens is 344 g/mol. The lowest BCUT2D eigenvalue weighted by Gasteiger charge is -2.28. The molecule has 0 saturated heterocycles. The first-order valence-electron chi connectivity index (χ1n) is 8.10. The van der Waals surface area contributed by atoms with Gasteiger partial charge in [0.2, 0.25) is 5.88 Å². The zero-order valence-corrected chi connectivity index (χ0v) is 14.6. The molecule has 2 aromatic heterocycles. The fourth-order valence-corrected chi connectivity index (χ4v) is 2.92. The van der Waals surface area contributed by atoms with Crippen molar-refractivity contribution in [2.75, 3.05) is 7.11 Å². The molecule has 2 aromatic rings. The van der Waals surface area contributed by atoms with Gasteiger partial charge in [0.25, 0.3) is 5.91 Å². The second-order valence-corrected chi connectivity index (χ2v) is 6.25. The van der Waals surface area contributed by atoms with Crippen molar-refractivity contribution >= 4 is 17.5 Å². The van der Waals surface area contributed by atoms with Crippen molar-refractivity contribution in [2.24, 2.45) is 0 Å². The molecule has 0 bridgehead atoms. The predicted molar refractivity (Wildman–Crippen MR) is 92.0 cm³/mol. The highest BCUT2D eigenvalue weighted by Gasteiger charge is 2.25. The summed E-state index contributed by atoms with van der Waals surface area (Å²) in [6, 6.07) is 3.85. The molecular formula is C17H19ClN4O3. The molecule has 132 valence electrons. The van der Waals surface area contributed by atoms with Gasteiger partial charge in [-0.3, -0.25) is 4.79 Å². The zero-order valence-electron chi connectivity index (χ0n) is 13.8. The molecule has 2 heterocycles. The summed E-state index contributed by atoms with van der Waals surface area (Å²) in [7, 11) is 1.50. The maximum atomic E-state index is 12.4. The van der Waals surface area contributed by atoms with Crippen molar-refractivity contribution in [2.45, 2.75) is 37.8 Å². The summed E-state index contributed by atoms with van der Waals surface area (Å²) >= 11 is 5.76. The quantitative estimate of drug-likeness (QED) is 0.880. The van der Waals surface area contributed by atoms with E-state index in [-0.39, 0.29) is 18.1 Å². The summed E-state index contributed by atoms with van der Waals surface area (Å²) in [5.74, 6) is 0.159. The average Bonchev–Trinajstić information content (AvgIpc) is 2.65. The van der Waals surface area contributed by atoms with Crippen LogP contribution in [0.15, 0.2) is 30.7 Å². The van der Waals surface area contributed by atoms with Crippen LogP contribution in [-0.2, 0) is 0 Å². The smallest absolute Gasteiger partial charge is 0.316 e. The monoisotopic (exact) mass is 362 g/mol. The first kappa shape index (κ1) is 17.4. The Morgan fingerprint density at radius 1 is 1.20 bits per heavy atom. The zero-order chi connectivity index (χ0) is 17.6. The van der Waals surface area contributed by atoms with Crippen LogP contribution < -0.4 is 14.8 Å². The molecule has 1 aliphatic rings. The van der Waals surface area contributed by atoms with Crippen LogP contribution in [0.2, 0.25) is 5.02 Å². The normalized spacial score (nSPS) is 19.9. The van der Waals surface area contributed by atoms with E-state index in [1.807, 2.05) is 0 Å². The summed E-state index contributed by atoms with van der Waals surface area (Å²) in [6.07, 6.45) is 7.95. The molecule has 25 heavy (non-hydrogen) atoms. The van der Waals surface area contributed by atoms with E-state index in [9.17, 15) is 4.79 Å². The topological polar surface area (TPSA) is 86.2 Å². The number of ether oxygens (including phenoxy) is 2. The number of carbonyl (C=O) groups is 1. The van der Waals surface area contributed by atoms with Gasteiger partial charge in [0.05, 0.1) is 24.5 Å². The standard InChI is InChI=1S/C17H19ClN4O3/c1-24-16-14(3-2-8-19-16)15(23)22-12-4-6-13(7-5-12)25-17-20-9-11(18)10-21-17/h2-3,8-10,12-13H,4-7H2,1H3,(H,22,23). The lowest BCUT2D eigenvalue weighted by molar-refractivity contribution is 0.0881. The Labute approximate surface area is 150 Å². The summed E-state index contributed by atoms with van der Waals surface area (Å²) in [4.78, 5) is 24.5. The molecule has 0 aromatic carbocycles. The van der Waals surface area contributed by atoms with Crippen LogP contribution in [0.5, 0.6) is 11.9 Å². The third-order valence-electron chi connectivity index (χ3n) is 4.09. The van der Waals surface area contributed by atoms with Gasteiger partial charge in [-0.25, -0.2) is 15.0 Å². The Bertz CT molecular complexity index is 718. The second-order valence-electron chi connectivity index (χ2n) is 5.81. The van der Waals surface area contributed by atoms with Crippen LogP contribution in [0, 0.1) is 0 Å². The number of hydrogen-bond acceptors (Lipinski definition) is 6. The molecule has 1 N–H and O–H groups in total. The lowest BCUT2D eigenvalue weighted by Crippen LogP contribution is -2.40. The molecule has 0 spiro atoms. The highest BCUT2D eigenvalue weighted by Crippen LogP contribution is 2.23. The largest absolute Gasteiger partial charge is 0.480 e. The van der Waals surface area contributed by atoms with Gasteiger partial charge in [-0.1, -0.05) is 11.6 Å². The van der Waals surface area contributed by atoms with E-state index in [0.717, 1.165) is 25.7 Å². The highest BCUT2D eigenvalue weighted by atomic mass is 35.5. The number of nitrogens with zero attached hydrogens (tertiary/aromatic N) is 3. The molecule has 8 heteroatoms. The highest BCUT2D eigenvalue weighted by molar-refractivity contribution is 6.30. The minimum atomic E-state index is -0.171. The van der Waals surface area contributed by atoms with Crippen LogP contribution in [0.25, 0.3) is 0 Å². The Balaban J connectivity index is 1.50. The van der Waals surface area contributed by atoms with E-state index in [0.29, 0.717) is 22.5 Å².